The number of rotatable bonds is 6. The second kappa shape index (κ2) is 8.80. The number of nitrogens with one attached hydrogen (secondary N) is 3. The van der Waals surface area contributed by atoms with E-state index in [2.05, 4.69) is 15.3 Å². The largest absolute Gasteiger partial charge is 0.506 e. The van der Waals surface area contributed by atoms with Gasteiger partial charge in [-0.15, -0.1) is 11.6 Å². The smallest absolute Gasteiger partial charge is 0.274 e. The Bertz CT molecular complexity index is 1540. The van der Waals surface area contributed by atoms with E-state index in [0.29, 0.717) is 34.6 Å². The molecule has 1 aliphatic heterocycles. The highest BCUT2D eigenvalue weighted by Crippen LogP contribution is 2.46. The van der Waals surface area contributed by atoms with Gasteiger partial charge in [0.15, 0.2) is 0 Å². The van der Waals surface area contributed by atoms with E-state index in [0.717, 1.165) is 16.5 Å². The van der Waals surface area contributed by atoms with Crippen molar-refractivity contribution >= 4 is 56.8 Å². The molecule has 4 aromatic rings. The quantitative estimate of drug-likeness (QED) is 0.253. The highest BCUT2D eigenvalue weighted by molar-refractivity contribution is 6.19. The summed E-state index contributed by atoms with van der Waals surface area (Å²) in [6.07, 6.45) is 0. The Morgan fingerprint density at radius 2 is 2.00 bits per heavy atom. The van der Waals surface area contributed by atoms with E-state index in [-0.39, 0.29) is 29.1 Å². The van der Waals surface area contributed by atoms with Crippen LogP contribution in [0.15, 0.2) is 36.4 Å². The number of methoxy groups -OCH3 is 1. The van der Waals surface area contributed by atoms with Gasteiger partial charge in [-0.05, 0) is 42.8 Å². The average Bonchev–Trinajstić information content (AvgIpc) is 3.57. The van der Waals surface area contributed by atoms with Crippen molar-refractivity contribution < 1.29 is 24.2 Å². The van der Waals surface area contributed by atoms with Crippen LogP contribution in [0.2, 0.25) is 0 Å². The molecule has 6 N–H and O–H groups in total. The third-order valence-electron chi connectivity index (χ3n) is 6.52. The van der Waals surface area contributed by atoms with Gasteiger partial charge in [0.25, 0.3) is 11.8 Å². The fourth-order valence-corrected chi connectivity index (χ4v) is 4.89. The fraction of sp³-hybridized carbons (Fsp3) is 0.240. The minimum Gasteiger partial charge on any atom is -0.506 e. The number of phenols is 1. The Morgan fingerprint density at radius 1 is 1.22 bits per heavy atom. The van der Waals surface area contributed by atoms with E-state index in [9.17, 15) is 19.5 Å². The van der Waals surface area contributed by atoms with Crippen molar-refractivity contribution in [3.05, 3.63) is 53.3 Å². The maximum absolute atomic E-state index is 13.6. The first-order valence-electron chi connectivity index (χ1n) is 11.2. The number of alkyl halides is 1. The zero-order valence-electron chi connectivity index (χ0n) is 19.5. The molecule has 10 nitrogen and oxygen atoms in total. The van der Waals surface area contributed by atoms with Crippen LogP contribution in [0.25, 0.3) is 21.8 Å². The SMILES string of the molecule is COc1ccc2[nH]c(C(=O)N3CC(CCl)c4c3cc(O)c3[nH]c(C(=O)N[C@@H](C)C(N)=O)cc43)cc2c1. The zero-order valence-corrected chi connectivity index (χ0v) is 20.3. The van der Waals surface area contributed by atoms with Gasteiger partial charge in [0, 0.05) is 40.7 Å². The first kappa shape index (κ1) is 23.6. The number of anilines is 1. The van der Waals surface area contributed by atoms with Crippen molar-refractivity contribution in [2.75, 3.05) is 24.4 Å². The number of nitrogens with two attached hydrogens (primary N) is 1. The van der Waals surface area contributed by atoms with Crippen LogP contribution in [0.5, 0.6) is 11.5 Å². The molecule has 0 aliphatic carbocycles. The fourth-order valence-electron chi connectivity index (χ4n) is 4.63. The highest BCUT2D eigenvalue weighted by atomic mass is 35.5. The standard InChI is InChI=1S/C25H24ClN5O5/c1-11(23(27)33)28-24(34)17-7-15-21-13(9-26)10-31(19(21)8-20(32)22(15)30-17)25(35)18-6-12-5-14(36-2)3-4-16(12)29-18/h3-8,11,13,29-30,32H,9-10H2,1-2H3,(H2,27,33)(H,28,34)/t11-,13?/m0/s1. The summed E-state index contributed by atoms with van der Waals surface area (Å²) in [4.78, 5) is 45.2. The van der Waals surface area contributed by atoms with Gasteiger partial charge >= 0.3 is 0 Å². The molecule has 0 spiro atoms. The van der Waals surface area contributed by atoms with Crippen LogP contribution < -0.4 is 20.7 Å². The van der Waals surface area contributed by atoms with Crippen LogP contribution in [0.4, 0.5) is 5.69 Å². The van der Waals surface area contributed by atoms with Gasteiger partial charge in [0.1, 0.15) is 28.9 Å². The highest BCUT2D eigenvalue weighted by Gasteiger charge is 2.36. The van der Waals surface area contributed by atoms with Crippen molar-refractivity contribution in [1.82, 2.24) is 15.3 Å². The predicted octanol–water partition coefficient (Wildman–Crippen LogP) is 2.95. The molecule has 2 atom stereocenters. The summed E-state index contributed by atoms with van der Waals surface area (Å²) in [5.41, 5.74) is 8.16. The second-order valence-electron chi connectivity index (χ2n) is 8.80. The lowest BCUT2D eigenvalue weighted by atomic mass is 9.98. The molecule has 0 radical (unpaired) electrons. The Hall–Kier alpha value is -4.18. The summed E-state index contributed by atoms with van der Waals surface area (Å²) in [5.74, 6) is -0.941. The van der Waals surface area contributed by atoms with Crippen molar-refractivity contribution in [2.24, 2.45) is 5.73 Å². The molecule has 0 saturated heterocycles. The maximum atomic E-state index is 13.6. The lowest BCUT2D eigenvalue weighted by Crippen LogP contribution is -2.42. The summed E-state index contributed by atoms with van der Waals surface area (Å²) in [5, 5.41) is 14.7. The third-order valence-corrected chi connectivity index (χ3v) is 6.90. The van der Waals surface area contributed by atoms with E-state index in [1.807, 2.05) is 12.1 Å². The van der Waals surface area contributed by atoms with Gasteiger partial charge in [0.2, 0.25) is 5.91 Å². The topological polar surface area (TPSA) is 154 Å². The molecule has 0 fully saturated rings. The van der Waals surface area contributed by atoms with Crippen molar-refractivity contribution in [2.45, 2.75) is 18.9 Å². The lowest BCUT2D eigenvalue weighted by Gasteiger charge is -2.17. The summed E-state index contributed by atoms with van der Waals surface area (Å²) in [6, 6.07) is 9.44. The number of nitrogens with zero attached hydrogens (tertiary/aromatic N) is 1. The number of amides is 3. The number of halogens is 1. The second-order valence-corrected chi connectivity index (χ2v) is 9.11. The van der Waals surface area contributed by atoms with Gasteiger partial charge in [-0.2, -0.15) is 0 Å². The van der Waals surface area contributed by atoms with Gasteiger partial charge in [-0.25, -0.2) is 0 Å². The summed E-state index contributed by atoms with van der Waals surface area (Å²) >= 11 is 6.30. The molecule has 5 rings (SSSR count). The number of hydrogen-bond donors (Lipinski definition) is 5. The molecule has 0 saturated carbocycles. The Kier molecular flexibility index (Phi) is 5.76. The number of carbonyl (C=O) groups is 3. The van der Waals surface area contributed by atoms with Crippen molar-refractivity contribution in [1.29, 1.82) is 0 Å². The molecule has 11 heteroatoms. The predicted molar refractivity (Wildman–Crippen MR) is 136 cm³/mol. The van der Waals surface area contributed by atoms with Crippen molar-refractivity contribution in [3.8, 4) is 11.5 Å². The molecule has 186 valence electrons. The van der Waals surface area contributed by atoms with Crippen LogP contribution in [-0.4, -0.2) is 58.4 Å². The molecule has 1 aliphatic rings. The number of aromatic nitrogens is 2. The molecule has 2 aromatic carbocycles. The van der Waals surface area contributed by atoms with Gasteiger partial charge in [-0.1, -0.05) is 0 Å². The Labute approximate surface area is 210 Å². The molecule has 3 amide bonds. The molecular weight excluding hydrogens is 486 g/mol. The lowest BCUT2D eigenvalue weighted by molar-refractivity contribution is -0.119. The van der Waals surface area contributed by atoms with E-state index in [1.165, 1.54) is 13.0 Å². The van der Waals surface area contributed by atoms with Gasteiger partial charge in [-0.3, -0.25) is 14.4 Å². The maximum Gasteiger partial charge on any atom is 0.274 e. The molecule has 0 bridgehead atoms. The van der Waals surface area contributed by atoms with E-state index in [4.69, 9.17) is 22.1 Å². The van der Waals surface area contributed by atoms with Crippen molar-refractivity contribution in [3.63, 3.8) is 0 Å². The van der Waals surface area contributed by atoms with Crippen LogP contribution in [0.3, 0.4) is 0 Å². The monoisotopic (exact) mass is 509 g/mol. The number of aromatic amines is 2. The molecule has 36 heavy (non-hydrogen) atoms. The third kappa shape index (κ3) is 3.79. The summed E-state index contributed by atoms with van der Waals surface area (Å²) in [6.45, 7) is 1.78. The molecule has 3 heterocycles. The van der Waals surface area contributed by atoms with E-state index < -0.39 is 17.9 Å². The number of benzene rings is 2. The minimum atomic E-state index is -0.872. The summed E-state index contributed by atoms with van der Waals surface area (Å²) < 4.78 is 5.27. The van der Waals surface area contributed by atoms with Crippen LogP contribution in [-0.2, 0) is 4.79 Å². The number of fused-ring (bicyclic) bond motifs is 4. The molecule has 2 aromatic heterocycles. The van der Waals surface area contributed by atoms with Gasteiger partial charge < -0.3 is 35.8 Å². The number of aromatic hydroxyl groups is 1. The first-order chi connectivity index (χ1) is 17.2. The number of hydrogen-bond acceptors (Lipinski definition) is 5. The Balaban J connectivity index is 1.55. The zero-order chi connectivity index (χ0) is 25.7. The normalized spacial score (nSPS) is 15.8. The van der Waals surface area contributed by atoms with Crippen LogP contribution in [0.1, 0.15) is 39.4 Å². The molecular formula is C25H24ClN5O5. The number of primary amides is 1. The number of H-pyrrole nitrogens is 2. The number of carbonyl (C=O) groups excluding carboxylic acids is 3. The van der Waals surface area contributed by atoms with E-state index in [1.54, 1.807) is 30.2 Å². The van der Waals surface area contributed by atoms with Gasteiger partial charge in [0.05, 0.1) is 18.3 Å². The van der Waals surface area contributed by atoms with E-state index >= 15 is 0 Å². The number of phenolic OH excluding ortho intramolecular Hbond substituents is 1. The Morgan fingerprint density at radius 3 is 2.69 bits per heavy atom. The first-order valence-corrected chi connectivity index (χ1v) is 11.8. The summed E-state index contributed by atoms with van der Waals surface area (Å²) in [7, 11) is 1.58. The molecule has 1 unspecified atom stereocenters. The van der Waals surface area contributed by atoms with Crippen LogP contribution >= 0.6 is 11.6 Å². The number of ether oxygens (including phenoxy) is 1. The average molecular weight is 510 g/mol. The minimum absolute atomic E-state index is 0.125. The van der Waals surface area contributed by atoms with Crippen LogP contribution in [0, 0.1) is 0 Å².